The topological polar surface area (TPSA) is 83.2 Å². The van der Waals surface area contributed by atoms with Crippen molar-refractivity contribution in [3.8, 4) is 11.5 Å². The summed E-state index contributed by atoms with van der Waals surface area (Å²) in [6.07, 6.45) is 4.57. The Hall–Kier alpha value is -2.94. The lowest BCUT2D eigenvalue weighted by Crippen LogP contribution is -2.16. The van der Waals surface area contributed by atoms with Gasteiger partial charge in [-0.25, -0.2) is 4.68 Å². The van der Waals surface area contributed by atoms with Crippen LogP contribution in [0.2, 0.25) is 0 Å². The number of aromatic nitrogens is 4. The largest absolute Gasteiger partial charge is 0.493 e. The van der Waals surface area contributed by atoms with Crippen molar-refractivity contribution in [1.29, 1.82) is 0 Å². The van der Waals surface area contributed by atoms with Gasteiger partial charge in [0.05, 0.1) is 20.0 Å². The predicted molar refractivity (Wildman–Crippen MR) is 104 cm³/mol. The summed E-state index contributed by atoms with van der Waals surface area (Å²) in [7, 11) is 3.12. The van der Waals surface area contributed by atoms with Crippen molar-refractivity contribution in [2.75, 3.05) is 25.3 Å². The molecule has 27 heavy (non-hydrogen) atoms. The number of aryl methyl sites for hydroxylation is 1. The van der Waals surface area contributed by atoms with E-state index in [1.807, 2.05) is 40.8 Å². The molecule has 0 spiro atoms. The summed E-state index contributed by atoms with van der Waals surface area (Å²) in [6.45, 7) is 2.02. The summed E-state index contributed by atoms with van der Waals surface area (Å²) in [4.78, 5) is 12.3. The van der Waals surface area contributed by atoms with Crippen LogP contribution in [0.3, 0.4) is 0 Å². The van der Waals surface area contributed by atoms with Crippen molar-refractivity contribution < 1.29 is 14.3 Å². The molecule has 0 radical (unpaired) electrons. The average Bonchev–Trinajstić information content (AvgIpc) is 3.35. The zero-order valence-electron chi connectivity index (χ0n) is 15.4. The Morgan fingerprint density at radius 3 is 2.56 bits per heavy atom. The number of hydrogen-bond acceptors (Lipinski definition) is 6. The highest BCUT2D eigenvalue weighted by atomic mass is 32.2. The summed E-state index contributed by atoms with van der Waals surface area (Å²) < 4.78 is 14.2. The van der Waals surface area contributed by atoms with Crippen molar-refractivity contribution in [3.63, 3.8) is 0 Å². The molecule has 0 saturated carbocycles. The van der Waals surface area contributed by atoms with Gasteiger partial charge in [0.2, 0.25) is 11.1 Å². The van der Waals surface area contributed by atoms with E-state index in [1.54, 1.807) is 32.4 Å². The number of rotatable bonds is 8. The summed E-state index contributed by atoms with van der Waals surface area (Å²) in [5.41, 5.74) is 0.638. The lowest BCUT2D eigenvalue weighted by molar-refractivity contribution is -0.113. The van der Waals surface area contributed by atoms with Crippen LogP contribution in [0.1, 0.15) is 12.7 Å². The standard InChI is InChI=1S/C18H21N5O3S/c1-4-16-20-21-18(23(16)22-9-5-6-10-22)27-12-17(24)19-13-7-8-14(25-2)15(11-13)26-3/h5-11H,4,12H2,1-3H3,(H,19,24). The van der Waals surface area contributed by atoms with Gasteiger partial charge in [0, 0.05) is 30.6 Å². The molecule has 0 atom stereocenters. The van der Waals surface area contributed by atoms with Gasteiger partial charge < -0.3 is 14.8 Å². The number of methoxy groups -OCH3 is 2. The smallest absolute Gasteiger partial charge is 0.234 e. The van der Waals surface area contributed by atoms with E-state index in [2.05, 4.69) is 15.5 Å². The number of ether oxygens (including phenoxy) is 2. The molecule has 0 unspecified atom stereocenters. The minimum absolute atomic E-state index is 0.146. The SMILES string of the molecule is CCc1nnc(SCC(=O)Nc2ccc(OC)c(OC)c2)n1-n1cccc1. The Kier molecular flexibility index (Phi) is 6.02. The van der Waals surface area contributed by atoms with Gasteiger partial charge in [-0.3, -0.25) is 9.47 Å². The van der Waals surface area contributed by atoms with Crippen LogP contribution in [-0.4, -0.2) is 45.4 Å². The Morgan fingerprint density at radius 2 is 1.89 bits per heavy atom. The maximum absolute atomic E-state index is 12.3. The second-order valence-corrected chi connectivity index (χ2v) is 6.48. The molecule has 2 aromatic heterocycles. The van der Waals surface area contributed by atoms with Crippen LogP contribution in [0, 0.1) is 0 Å². The normalized spacial score (nSPS) is 10.6. The molecule has 3 rings (SSSR count). The van der Waals surface area contributed by atoms with Crippen molar-refractivity contribution in [3.05, 3.63) is 48.5 Å². The first-order valence-corrected chi connectivity index (χ1v) is 9.37. The van der Waals surface area contributed by atoms with Crippen LogP contribution in [0.25, 0.3) is 0 Å². The van der Waals surface area contributed by atoms with E-state index >= 15 is 0 Å². The third-order valence-electron chi connectivity index (χ3n) is 3.81. The van der Waals surface area contributed by atoms with E-state index in [4.69, 9.17) is 9.47 Å². The van der Waals surface area contributed by atoms with Gasteiger partial charge in [0.25, 0.3) is 0 Å². The quantitative estimate of drug-likeness (QED) is 0.599. The van der Waals surface area contributed by atoms with Crippen LogP contribution in [0.4, 0.5) is 5.69 Å². The summed E-state index contributed by atoms with van der Waals surface area (Å²) >= 11 is 1.33. The number of carbonyl (C=O) groups is 1. The zero-order chi connectivity index (χ0) is 19.2. The number of nitrogens with zero attached hydrogens (tertiary/aromatic N) is 4. The molecule has 0 aliphatic carbocycles. The van der Waals surface area contributed by atoms with Crippen molar-refractivity contribution in [1.82, 2.24) is 19.5 Å². The second-order valence-electron chi connectivity index (χ2n) is 5.53. The third-order valence-corrected chi connectivity index (χ3v) is 4.73. The number of anilines is 1. The molecular weight excluding hydrogens is 366 g/mol. The van der Waals surface area contributed by atoms with E-state index in [0.29, 0.717) is 22.3 Å². The molecule has 9 heteroatoms. The lowest BCUT2D eigenvalue weighted by atomic mass is 10.2. The van der Waals surface area contributed by atoms with Gasteiger partial charge in [0.1, 0.15) is 0 Å². The Morgan fingerprint density at radius 1 is 1.15 bits per heavy atom. The van der Waals surface area contributed by atoms with Gasteiger partial charge in [-0.15, -0.1) is 10.2 Å². The summed E-state index contributed by atoms with van der Waals surface area (Å²) in [5, 5.41) is 11.9. The fourth-order valence-electron chi connectivity index (χ4n) is 2.54. The molecule has 0 bridgehead atoms. The molecule has 0 saturated heterocycles. The van der Waals surface area contributed by atoms with Crippen molar-refractivity contribution in [2.24, 2.45) is 0 Å². The molecule has 0 fully saturated rings. The molecular formula is C18H21N5O3S. The highest BCUT2D eigenvalue weighted by Crippen LogP contribution is 2.29. The highest BCUT2D eigenvalue weighted by Gasteiger charge is 2.15. The fraction of sp³-hybridized carbons (Fsp3) is 0.278. The van der Waals surface area contributed by atoms with Crippen LogP contribution < -0.4 is 14.8 Å². The van der Waals surface area contributed by atoms with E-state index in [-0.39, 0.29) is 11.7 Å². The van der Waals surface area contributed by atoms with Crippen molar-refractivity contribution >= 4 is 23.4 Å². The summed E-state index contributed by atoms with van der Waals surface area (Å²) in [5.74, 6) is 2.05. The molecule has 1 amide bonds. The maximum atomic E-state index is 12.3. The molecule has 2 heterocycles. The number of hydrogen-bond donors (Lipinski definition) is 1. The van der Waals surface area contributed by atoms with E-state index < -0.39 is 0 Å². The fourth-order valence-corrected chi connectivity index (χ4v) is 3.29. The first-order valence-electron chi connectivity index (χ1n) is 8.38. The Labute approximate surface area is 161 Å². The van der Waals surface area contributed by atoms with Gasteiger partial charge in [0.15, 0.2) is 17.3 Å². The first-order chi connectivity index (χ1) is 13.2. The maximum Gasteiger partial charge on any atom is 0.234 e. The monoisotopic (exact) mass is 387 g/mol. The molecule has 3 aromatic rings. The van der Waals surface area contributed by atoms with Crippen LogP contribution in [-0.2, 0) is 11.2 Å². The van der Waals surface area contributed by atoms with Gasteiger partial charge in [-0.2, -0.15) is 0 Å². The Balaban J connectivity index is 1.67. The number of benzene rings is 1. The van der Waals surface area contributed by atoms with E-state index in [0.717, 1.165) is 12.2 Å². The van der Waals surface area contributed by atoms with Gasteiger partial charge >= 0.3 is 0 Å². The second kappa shape index (κ2) is 8.63. The molecule has 0 aliphatic rings. The number of amides is 1. The van der Waals surface area contributed by atoms with Crippen LogP contribution in [0.15, 0.2) is 47.9 Å². The molecule has 1 aromatic carbocycles. The molecule has 8 nitrogen and oxygen atoms in total. The van der Waals surface area contributed by atoms with Crippen LogP contribution >= 0.6 is 11.8 Å². The molecule has 0 aliphatic heterocycles. The number of thioether (sulfide) groups is 1. The minimum Gasteiger partial charge on any atom is -0.493 e. The van der Waals surface area contributed by atoms with E-state index in [1.165, 1.54) is 11.8 Å². The van der Waals surface area contributed by atoms with Gasteiger partial charge in [-0.05, 0) is 24.3 Å². The third kappa shape index (κ3) is 4.25. The Bertz CT molecular complexity index is 908. The van der Waals surface area contributed by atoms with Crippen molar-refractivity contribution in [2.45, 2.75) is 18.5 Å². The average molecular weight is 387 g/mol. The lowest BCUT2D eigenvalue weighted by Gasteiger charge is -2.11. The predicted octanol–water partition coefficient (Wildman–Crippen LogP) is 2.70. The van der Waals surface area contributed by atoms with Gasteiger partial charge in [-0.1, -0.05) is 18.7 Å². The minimum atomic E-state index is -0.146. The molecule has 142 valence electrons. The number of nitrogens with one attached hydrogen (secondary N) is 1. The zero-order valence-corrected chi connectivity index (χ0v) is 16.2. The highest BCUT2D eigenvalue weighted by molar-refractivity contribution is 7.99. The van der Waals surface area contributed by atoms with E-state index in [9.17, 15) is 4.79 Å². The van der Waals surface area contributed by atoms with Crippen LogP contribution in [0.5, 0.6) is 11.5 Å². The first kappa shape index (κ1) is 18.8. The summed E-state index contributed by atoms with van der Waals surface area (Å²) in [6, 6.07) is 9.09. The number of carbonyl (C=O) groups excluding carboxylic acids is 1. The molecule has 1 N–H and O–H groups in total.